The van der Waals surface area contributed by atoms with Crippen LogP contribution in [-0.4, -0.2) is 37.9 Å². The molecule has 0 aromatic heterocycles. The molecule has 0 atom stereocenters. The van der Waals surface area contributed by atoms with Crippen LogP contribution in [0.15, 0.2) is 30.3 Å². The minimum atomic E-state index is -1.72. The number of hydrogen-bond acceptors (Lipinski definition) is 3. The zero-order valence-electron chi connectivity index (χ0n) is 12.3. The molecular formula is C16H23O3Te+. The molecule has 0 aliphatic rings. The molecule has 4 heteroatoms. The summed E-state index contributed by atoms with van der Waals surface area (Å²) in [5, 5.41) is 0. The molecule has 20 heavy (non-hydrogen) atoms. The summed E-state index contributed by atoms with van der Waals surface area (Å²) in [4.78, 5) is 23.9. The fraction of sp³-hybridized carbons (Fsp3) is 0.500. The van der Waals surface area contributed by atoms with Gasteiger partial charge in [0.15, 0.2) is 0 Å². The van der Waals surface area contributed by atoms with Gasteiger partial charge in [-0.1, -0.05) is 0 Å². The summed E-state index contributed by atoms with van der Waals surface area (Å²) in [5.74, 6) is 0.0590. The van der Waals surface area contributed by atoms with E-state index in [1.807, 2.05) is 37.3 Å². The molecule has 0 saturated carbocycles. The van der Waals surface area contributed by atoms with Gasteiger partial charge in [-0.3, -0.25) is 0 Å². The van der Waals surface area contributed by atoms with Crippen molar-refractivity contribution >= 4 is 31.3 Å². The first-order valence-electron chi connectivity index (χ1n) is 7.05. The second kappa shape index (κ2) is 9.96. The molecule has 0 unspecified atom stereocenters. The van der Waals surface area contributed by atoms with Crippen LogP contribution in [0.5, 0.6) is 0 Å². The van der Waals surface area contributed by atoms with Crippen molar-refractivity contribution in [2.24, 2.45) is 0 Å². The van der Waals surface area contributed by atoms with E-state index in [0.29, 0.717) is 15.5 Å². The van der Waals surface area contributed by atoms with E-state index in [1.54, 1.807) is 0 Å². The Labute approximate surface area is 128 Å². The number of benzene rings is 1. The second-order valence-electron chi connectivity index (χ2n) is 4.55. The normalized spacial score (nSPS) is 10.6. The van der Waals surface area contributed by atoms with Crippen LogP contribution in [0.2, 0.25) is 13.4 Å². The number of hydrogen-bond donors (Lipinski definition) is 0. The van der Waals surface area contributed by atoms with Crippen molar-refractivity contribution in [2.75, 3.05) is 6.61 Å². The van der Waals surface area contributed by atoms with Crippen molar-refractivity contribution in [1.29, 1.82) is 0 Å². The first-order valence-corrected chi connectivity index (χ1v) is 12.0. The Bertz CT molecular complexity index is 417. The molecule has 0 radical (unpaired) electrons. The number of carbonyl (C=O) groups excluding carboxylic acids is 2. The molecule has 0 aliphatic heterocycles. The van der Waals surface area contributed by atoms with Crippen LogP contribution in [0.1, 0.15) is 37.0 Å². The van der Waals surface area contributed by atoms with Crippen LogP contribution in [-0.2, 0) is 9.53 Å². The zero-order valence-corrected chi connectivity index (χ0v) is 14.6. The number of ketones is 1. The quantitative estimate of drug-likeness (QED) is 0.366. The van der Waals surface area contributed by atoms with Crippen molar-refractivity contribution in [3.63, 3.8) is 0 Å². The third-order valence-electron chi connectivity index (χ3n) is 2.84. The van der Waals surface area contributed by atoms with Gasteiger partial charge in [0.1, 0.15) is 0 Å². The van der Waals surface area contributed by atoms with Crippen molar-refractivity contribution in [1.82, 2.24) is 0 Å². The van der Waals surface area contributed by atoms with E-state index >= 15 is 0 Å². The summed E-state index contributed by atoms with van der Waals surface area (Å²) in [6.07, 6.45) is 2.22. The van der Waals surface area contributed by atoms with E-state index in [2.05, 4.69) is 6.92 Å². The summed E-state index contributed by atoms with van der Waals surface area (Å²) in [6.45, 7) is 4.38. The maximum atomic E-state index is 12.2. The Morgan fingerprint density at radius 3 is 2.40 bits per heavy atom. The molecule has 0 heterocycles. The van der Waals surface area contributed by atoms with Gasteiger partial charge in [-0.25, -0.2) is 0 Å². The first kappa shape index (κ1) is 17.2. The SMILES string of the molecule is CCCC[Te+](CC(=O)OCC)CC(=O)c1ccccc1. The van der Waals surface area contributed by atoms with Gasteiger partial charge in [-0.15, -0.1) is 0 Å². The molecular weight excluding hydrogens is 368 g/mol. The predicted molar refractivity (Wildman–Crippen MR) is 82.5 cm³/mol. The van der Waals surface area contributed by atoms with Gasteiger partial charge in [0.05, 0.1) is 0 Å². The fourth-order valence-electron chi connectivity index (χ4n) is 1.81. The van der Waals surface area contributed by atoms with Gasteiger partial charge < -0.3 is 0 Å². The van der Waals surface area contributed by atoms with E-state index in [4.69, 9.17) is 4.74 Å². The number of esters is 1. The summed E-state index contributed by atoms with van der Waals surface area (Å²) >= 11 is -1.72. The fourth-order valence-corrected chi connectivity index (χ4v) is 7.63. The van der Waals surface area contributed by atoms with Crippen LogP contribution >= 0.6 is 0 Å². The summed E-state index contributed by atoms with van der Waals surface area (Å²) in [7, 11) is 0. The average Bonchev–Trinajstić information content (AvgIpc) is 2.45. The average molecular weight is 391 g/mol. The number of unbranched alkanes of at least 4 members (excludes halogenated alkanes) is 1. The summed E-state index contributed by atoms with van der Waals surface area (Å²) < 4.78 is 7.20. The first-order chi connectivity index (χ1) is 9.67. The van der Waals surface area contributed by atoms with Crippen LogP contribution in [0.25, 0.3) is 0 Å². The third kappa shape index (κ3) is 6.54. The van der Waals surface area contributed by atoms with Gasteiger partial charge in [-0.2, -0.15) is 0 Å². The predicted octanol–water partition coefficient (Wildman–Crippen LogP) is 3.73. The molecule has 1 aromatic rings. The van der Waals surface area contributed by atoms with Crippen LogP contribution < -0.4 is 0 Å². The van der Waals surface area contributed by atoms with Gasteiger partial charge in [0, 0.05) is 0 Å². The molecule has 0 amide bonds. The Balaban J connectivity index is 2.59. The van der Waals surface area contributed by atoms with Crippen molar-refractivity contribution < 1.29 is 14.3 Å². The minimum absolute atomic E-state index is 0.124. The standard InChI is InChI=1S/C16H23O3Te/c1-3-5-11-20(13-16(18)19-4-2)12-15(17)14-9-7-6-8-10-14/h6-10H,3-5,11-13H2,1-2H3/q+1. The second-order valence-corrected chi connectivity index (χ2v) is 10.9. The van der Waals surface area contributed by atoms with Gasteiger partial charge in [0.25, 0.3) is 0 Å². The Morgan fingerprint density at radius 1 is 1.10 bits per heavy atom. The molecule has 0 spiro atoms. The topological polar surface area (TPSA) is 43.4 Å². The van der Waals surface area contributed by atoms with Crippen molar-refractivity contribution in [3.8, 4) is 0 Å². The van der Waals surface area contributed by atoms with Crippen LogP contribution in [0, 0.1) is 0 Å². The van der Waals surface area contributed by atoms with Gasteiger partial charge in [-0.05, 0) is 0 Å². The monoisotopic (exact) mass is 393 g/mol. The number of ether oxygens (including phenoxy) is 1. The summed E-state index contributed by atoms with van der Waals surface area (Å²) in [6, 6.07) is 9.37. The zero-order chi connectivity index (χ0) is 14.8. The van der Waals surface area contributed by atoms with Crippen LogP contribution in [0.4, 0.5) is 0 Å². The molecule has 0 N–H and O–H groups in total. The summed E-state index contributed by atoms with van der Waals surface area (Å²) in [5.41, 5.74) is 0.763. The molecule has 1 rings (SSSR count). The Hall–Kier alpha value is -0.850. The molecule has 0 bridgehead atoms. The Morgan fingerprint density at radius 2 is 1.80 bits per heavy atom. The molecule has 0 saturated heterocycles. The van der Waals surface area contributed by atoms with E-state index in [9.17, 15) is 9.59 Å². The van der Waals surface area contributed by atoms with Gasteiger partial charge in [0.2, 0.25) is 0 Å². The maximum absolute atomic E-state index is 12.2. The number of carbonyl (C=O) groups is 2. The molecule has 3 nitrogen and oxygen atoms in total. The van der Waals surface area contributed by atoms with E-state index in [-0.39, 0.29) is 11.8 Å². The molecule has 110 valence electrons. The number of Topliss-reactive ketones (excluding diaryl/α,β-unsaturated/α-hetero) is 1. The molecule has 0 fully saturated rings. The van der Waals surface area contributed by atoms with Gasteiger partial charge >= 0.3 is 128 Å². The van der Waals surface area contributed by atoms with E-state index < -0.39 is 19.6 Å². The van der Waals surface area contributed by atoms with E-state index in [1.165, 1.54) is 0 Å². The van der Waals surface area contributed by atoms with E-state index in [0.717, 1.165) is 22.9 Å². The van der Waals surface area contributed by atoms with Crippen LogP contribution in [0.3, 0.4) is 0 Å². The van der Waals surface area contributed by atoms with Crippen molar-refractivity contribution in [3.05, 3.63) is 35.9 Å². The third-order valence-corrected chi connectivity index (χ3v) is 9.07. The Kier molecular flexibility index (Phi) is 8.57. The molecule has 0 aliphatic carbocycles. The van der Waals surface area contributed by atoms with Crippen molar-refractivity contribution in [2.45, 2.75) is 40.1 Å². The number of rotatable bonds is 9. The molecule has 1 aromatic carbocycles.